The van der Waals surface area contributed by atoms with Gasteiger partial charge in [0.1, 0.15) is 5.75 Å². The van der Waals surface area contributed by atoms with Crippen molar-refractivity contribution in [2.24, 2.45) is 5.92 Å². The lowest BCUT2D eigenvalue weighted by Crippen LogP contribution is -2.27. The maximum atomic E-state index is 14.5. The SMILES string of the molecule is CCCC1COC(c2ccc(C(F)(F)Oc3ccc(OC=C(F)F)c(F)c3)cc2)OC1. The van der Waals surface area contributed by atoms with Crippen LogP contribution in [-0.4, -0.2) is 13.2 Å². The molecule has 1 fully saturated rings. The first-order valence-electron chi connectivity index (χ1n) is 9.66. The molecule has 0 atom stereocenters. The van der Waals surface area contributed by atoms with Gasteiger partial charge in [0.05, 0.1) is 18.8 Å². The molecule has 168 valence electrons. The summed E-state index contributed by atoms with van der Waals surface area (Å²) in [7, 11) is 0. The van der Waals surface area contributed by atoms with Crippen LogP contribution in [0.5, 0.6) is 11.5 Å². The number of hydrogen-bond acceptors (Lipinski definition) is 4. The predicted octanol–water partition coefficient (Wildman–Crippen LogP) is 6.53. The molecule has 0 unspecified atom stereocenters. The summed E-state index contributed by atoms with van der Waals surface area (Å²) < 4.78 is 87.2. The van der Waals surface area contributed by atoms with Crippen LogP contribution in [0.4, 0.5) is 22.0 Å². The molecule has 9 heteroatoms. The van der Waals surface area contributed by atoms with Crippen LogP contribution in [0, 0.1) is 11.7 Å². The normalized spacial score (nSPS) is 19.0. The molecule has 4 nitrogen and oxygen atoms in total. The molecule has 0 amide bonds. The Kier molecular flexibility index (Phi) is 7.50. The molecule has 0 radical (unpaired) electrons. The quantitative estimate of drug-likeness (QED) is 0.343. The van der Waals surface area contributed by atoms with Crippen molar-refractivity contribution < 1.29 is 40.9 Å². The predicted molar refractivity (Wildman–Crippen MR) is 101 cm³/mol. The van der Waals surface area contributed by atoms with Crippen molar-refractivity contribution in [2.75, 3.05) is 13.2 Å². The highest BCUT2D eigenvalue weighted by Gasteiger charge is 2.35. The summed E-state index contributed by atoms with van der Waals surface area (Å²) >= 11 is 0. The first-order chi connectivity index (χ1) is 14.8. The number of alkyl halides is 2. The molecule has 1 heterocycles. The molecule has 0 N–H and O–H groups in total. The molecule has 0 bridgehead atoms. The third-order valence-corrected chi connectivity index (χ3v) is 4.61. The van der Waals surface area contributed by atoms with Crippen LogP contribution in [0.25, 0.3) is 0 Å². The van der Waals surface area contributed by atoms with E-state index in [0.29, 0.717) is 30.8 Å². The van der Waals surface area contributed by atoms with E-state index in [1.165, 1.54) is 24.3 Å². The zero-order chi connectivity index (χ0) is 22.4. The fourth-order valence-electron chi connectivity index (χ4n) is 3.10. The summed E-state index contributed by atoms with van der Waals surface area (Å²) in [5.74, 6) is -1.86. The minimum Gasteiger partial charge on any atom is -0.456 e. The molecule has 1 saturated heterocycles. The average Bonchev–Trinajstić information content (AvgIpc) is 2.74. The number of rotatable bonds is 8. The van der Waals surface area contributed by atoms with E-state index in [2.05, 4.69) is 16.4 Å². The number of hydrogen-bond donors (Lipinski definition) is 0. The average molecular weight is 444 g/mol. The largest absolute Gasteiger partial charge is 0.456 e. The standard InChI is InChI=1S/C22H21F5O4/c1-2-3-14-11-29-21(30-12-14)15-4-6-16(7-5-15)22(26,27)31-17-8-9-19(18(23)10-17)28-13-20(24)25/h4-10,13-14,21H,2-3,11-12H2,1H3. The van der Waals surface area contributed by atoms with E-state index in [-0.39, 0.29) is 6.26 Å². The molecule has 0 spiro atoms. The van der Waals surface area contributed by atoms with Gasteiger partial charge in [-0.15, -0.1) is 0 Å². The van der Waals surface area contributed by atoms with Gasteiger partial charge in [-0.2, -0.15) is 17.6 Å². The van der Waals surface area contributed by atoms with Gasteiger partial charge in [-0.1, -0.05) is 25.5 Å². The highest BCUT2D eigenvalue weighted by Crippen LogP contribution is 2.35. The molecular weight excluding hydrogens is 423 g/mol. The molecule has 1 aliphatic heterocycles. The van der Waals surface area contributed by atoms with Crippen molar-refractivity contribution in [3.8, 4) is 11.5 Å². The van der Waals surface area contributed by atoms with Crippen molar-refractivity contribution in [3.05, 3.63) is 71.8 Å². The molecule has 1 aliphatic rings. The Bertz CT molecular complexity index is 889. The van der Waals surface area contributed by atoms with Crippen LogP contribution >= 0.6 is 0 Å². The van der Waals surface area contributed by atoms with E-state index < -0.39 is 41.4 Å². The van der Waals surface area contributed by atoms with Gasteiger partial charge in [0.25, 0.3) is 0 Å². The Balaban J connectivity index is 1.64. The molecule has 0 saturated carbocycles. The highest BCUT2D eigenvalue weighted by molar-refractivity contribution is 5.34. The minimum absolute atomic E-state index is 0.0405. The minimum atomic E-state index is -3.77. The lowest BCUT2D eigenvalue weighted by atomic mass is 10.0. The smallest absolute Gasteiger partial charge is 0.426 e. The van der Waals surface area contributed by atoms with E-state index in [9.17, 15) is 22.0 Å². The number of benzene rings is 2. The van der Waals surface area contributed by atoms with Crippen LogP contribution in [-0.2, 0) is 15.6 Å². The van der Waals surface area contributed by atoms with E-state index >= 15 is 0 Å². The summed E-state index contributed by atoms with van der Waals surface area (Å²) in [6, 6.07) is 7.76. The molecule has 3 rings (SSSR count). The zero-order valence-electron chi connectivity index (χ0n) is 16.6. The van der Waals surface area contributed by atoms with Crippen molar-refractivity contribution >= 4 is 0 Å². The second kappa shape index (κ2) is 10.1. The van der Waals surface area contributed by atoms with E-state index in [4.69, 9.17) is 9.47 Å². The Labute approximate surface area is 176 Å². The zero-order valence-corrected chi connectivity index (χ0v) is 16.6. The molecule has 0 aliphatic carbocycles. The fourth-order valence-corrected chi connectivity index (χ4v) is 3.10. The second-order valence-corrected chi connectivity index (χ2v) is 7.01. The summed E-state index contributed by atoms with van der Waals surface area (Å²) in [5.41, 5.74) is 0.134. The van der Waals surface area contributed by atoms with E-state index in [1.54, 1.807) is 0 Å². The molecule has 2 aromatic rings. The van der Waals surface area contributed by atoms with Gasteiger partial charge in [-0.3, -0.25) is 0 Å². The van der Waals surface area contributed by atoms with Crippen molar-refractivity contribution in [2.45, 2.75) is 32.2 Å². The molecule has 31 heavy (non-hydrogen) atoms. The van der Waals surface area contributed by atoms with Crippen LogP contribution in [0.2, 0.25) is 0 Å². The lowest BCUT2D eigenvalue weighted by molar-refractivity contribution is -0.206. The highest BCUT2D eigenvalue weighted by atomic mass is 19.3. The monoisotopic (exact) mass is 444 g/mol. The van der Waals surface area contributed by atoms with E-state index in [0.717, 1.165) is 25.0 Å². The van der Waals surface area contributed by atoms with Gasteiger partial charge in [0.15, 0.2) is 24.1 Å². The second-order valence-electron chi connectivity index (χ2n) is 7.01. The first-order valence-corrected chi connectivity index (χ1v) is 9.66. The van der Waals surface area contributed by atoms with Crippen LogP contribution in [0.3, 0.4) is 0 Å². The Morgan fingerprint density at radius 2 is 1.77 bits per heavy atom. The van der Waals surface area contributed by atoms with Crippen LogP contribution in [0.1, 0.15) is 37.2 Å². The Morgan fingerprint density at radius 1 is 1.10 bits per heavy atom. The Morgan fingerprint density at radius 3 is 2.35 bits per heavy atom. The lowest BCUT2D eigenvalue weighted by Gasteiger charge is -2.29. The third kappa shape index (κ3) is 6.18. The van der Waals surface area contributed by atoms with E-state index in [1.807, 2.05) is 0 Å². The van der Waals surface area contributed by atoms with Crippen LogP contribution in [0.15, 0.2) is 54.8 Å². The fraction of sp³-hybridized carbons (Fsp3) is 0.364. The first kappa shape index (κ1) is 23.0. The summed E-state index contributed by atoms with van der Waals surface area (Å²) in [6.45, 7) is 3.16. The van der Waals surface area contributed by atoms with Crippen molar-refractivity contribution in [3.63, 3.8) is 0 Å². The van der Waals surface area contributed by atoms with Gasteiger partial charge in [-0.05, 0) is 30.7 Å². The van der Waals surface area contributed by atoms with Crippen molar-refractivity contribution in [1.82, 2.24) is 0 Å². The topological polar surface area (TPSA) is 36.9 Å². The molecular formula is C22H21F5O4. The third-order valence-electron chi connectivity index (χ3n) is 4.61. The summed E-state index contributed by atoms with van der Waals surface area (Å²) in [5, 5.41) is 0. The molecule has 2 aromatic carbocycles. The van der Waals surface area contributed by atoms with Crippen LogP contribution < -0.4 is 9.47 Å². The summed E-state index contributed by atoms with van der Waals surface area (Å²) in [6.07, 6.45) is -4.50. The van der Waals surface area contributed by atoms with Gasteiger partial charge < -0.3 is 18.9 Å². The maximum Gasteiger partial charge on any atom is 0.426 e. The van der Waals surface area contributed by atoms with Gasteiger partial charge in [0, 0.05) is 17.5 Å². The van der Waals surface area contributed by atoms with Gasteiger partial charge in [-0.25, -0.2) is 4.39 Å². The number of ether oxygens (including phenoxy) is 4. The van der Waals surface area contributed by atoms with Crippen molar-refractivity contribution in [1.29, 1.82) is 0 Å². The van der Waals surface area contributed by atoms with Gasteiger partial charge in [0.2, 0.25) is 0 Å². The molecule has 0 aromatic heterocycles. The number of halogens is 5. The van der Waals surface area contributed by atoms with Gasteiger partial charge >= 0.3 is 12.2 Å². The summed E-state index contributed by atoms with van der Waals surface area (Å²) in [4.78, 5) is 0. The Hall–Kier alpha value is -2.65. The maximum absolute atomic E-state index is 14.5.